The number of thiocarbonyl (C=S) groups is 1. The van der Waals surface area contributed by atoms with Crippen LogP contribution in [0.2, 0.25) is 0 Å². The van der Waals surface area contributed by atoms with Crippen molar-refractivity contribution < 1.29 is 4.52 Å². The van der Waals surface area contributed by atoms with Crippen molar-refractivity contribution in [3.05, 3.63) is 60.2 Å². The summed E-state index contributed by atoms with van der Waals surface area (Å²) in [4.78, 5) is 8.36. The number of nitrogens with zero attached hydrogens (tertiary/aromatic N) is 3. The third kappa shape index (κ3) is 4.10. The second-order valence-electron chi connectivity index (χ2n) is 4.93. The van der Waals surface area contributed by atoms with Crippen molar-refractivity contribution in [2.24, 2.45) is 0 Å². The quantitative estimate of drug-likeness (QED) is 0.714. The van der Waals surface area contributed by atoms with Crippen LogP contribution in [0.1, 0.15) is 11.5 Å². The fraction of sp³-hybridized carbons (Fsp3) is 0.125. The number of rotatable bonds is 4. The van der Waals surface area contributed by atoms with Gasteiger partial charge >= 0.3 is 0 Å². The van der Waals surface area contributed by atoms with Crippen molar-refractivity contribution in [3.8, 4) is 11.4 Å². The minimum Gasteiger partial charge on any atom is -0.353 e. The van der Waals surface area contributed by atoms with Crippen LogP contribution in [0.15, 0.2) is 53.3 Å². The highest BCUT2D eigenvalue weighted by Gasteiger charge is 2.08. The lowest BCUT2D eigenvalue weighted by molar-refractivity contribution is 0.376. The molecule has 0 unspecified atom stereocenters. The highest BCUT2D eigenvalue weighted by atomic mass is 32.1. The van der Waals surface area contributed by atoms with E-state index in [1.807, 2.05) is 43.3 Å². The van der Waals surface area contributed by atoms with Crippen LogP contribution in [-0.2, 0) is 6.54 Å². The first-order chi connectivity index (χ1) is 11.2. The van der Waals surface area contributed by atoms with Crippen molar-refractivity contribution in [2.45, 2.75) is 13.5 Å². The third-order valence-corrected chi connectivity index (χ3v) is 3.34. The number of nitrogens with one attached hydrogen (secondary N) is 2. The number of benzene rings is 1. The largest absolute Gasteiger partial charge is 0.353 e. The van der Waals surface area contributed by atoms with Crippen LogP contribution in [0.5, 0.6) is 0 Å². The van der Waals surface area contributed by atoms with Gasteiger partial charge < -0.3 is 15.2 Å². The van der Waals surface area contributed by atoms with Crippen LogP contribution in [0, 0.1) is 6.92 Å². The second kappa shape index (κ2) is 6.97. The predicted octanol–water partition coefficient (Wildman–Crippen LogP) is 2.93. The van der Waals surface area contributed by atoms with E-state index in [1.165, 1.54) is 5.56 Å². The molecule has 0 fully saturated rings. The Morgan fingerprint density at radius 1 is 1.22 bits per heavy atom. The maximum Gasteiger partial charge on any atom is 0.246 e. The van der Waals surface area contributed by atoms with Gasteiger partial charge in [-0.15, -0.1) is 0 Å². The van der Waals surface area contributed by atoms with E-state index in [2.05, 4.69) is 25.8 Å². The highest BCUT2D eigenvalue weighted by Crippen LogP contribution is 2.16. The first-order valence-electron chi connectivity index (χ1n) is 7.05. The molecule has 0 spiro atoms. The highest BCUT2D eigenvalue weighted by molar-refractivity contribution is 7.80. The normalized spacial score (nSPS) is 10.3. The zero-order chi connectivity index (χ0) is 16.1. The zero-order valence-electron chi connectivity index (χ0n) is 12.5. The Labute approximate surface area is 139 Å². The van der Waals surface area contributed by atoms with E-state index < -0.39 is 0 Å². The summed E-state index contributed by atoms with van der Waals surface area (Å²) in [6, 6.07) is 11.7. The van der Waals surface area contributed by atoms with Crippen LogP contribution < -0.4 is 10.6 Å². The number of pyridine rings is 1. The molecule has 0 radical (unpaired) electrons. The van der Waals surface area contributed by atoms with Gasteiger partial charge in [0.15, 0.2) is 5.11 Å². The SMILES string of the molecule is Cc1ccc(-c2noc(CNC(=S)Nc3cccnc3)n2)cc1. The smallest absolute Gasteiger partial charge is 0.246 e. The van der Waals surface area contributed by atoms with E-state index in [9.17, 15) is 0 Å². The summed E-state index contributed by atoms with van der Waals surface area (Å²) >= 11 is 5.21. The van der Waals surface area contributed by atoms with Crippen LogP contribution in [0.3, 0.4) is 0 Å². The molecule has 3 rings (SSSR count). The first-order valence-corrected chi connectivity index (χ1v) is 7.46. The summed E-state index contributed by atoms with van der Waals surface area (Å²) < 4.78 is 5.23. The number of hydrogen-bond acceptors (Lipinski definition) is 5. The van der Waals surface area contributed by atoms with Gasteiger partial charge in [-0.2, -0.15) is 4.98 Å². The van der Waals surface area contributed by atoms with Gasteiger partial charge in [0.2, 0.25) is 11.7 Å². The van der Waals surface area contributed by atoms with E-state index >= 15 is 0 Å². The van der Waals surface area contributed by atoms with E-state index in [-0.39, 0.29) is 0 Å². The molecule has 23 heavy (non-hydrogen) atoms. The number of anilines is 1. The molecule has 0 aliphatic carbocycles. The fourth-order valence-corrected chi connectivity index (χ4v) is 2.10. The molecule has 0 atom stereocenters. The molecule has 6 nitrogen and oxygen atoms in total. The molecule has 2 N–H and O–H groups in total. The topological polar surface area (TPSA) is 75.9 Å². The van der Waals surface area contributed by atoms with Gasteiger partial charge in [0.1, 0.15) is 0 Å². The average molecular weight is 325 g/mol. The summed E-state index contributed by atoms with van der Waals surface area (Å²) in [5.74, 6) is 1.03. The summed E-state index contributed by atoms with van der Waals surface area (Å²) in [7, 11) is 0. The summed E-state index contributed by atoms with van der Waals surface area (Å²) in [6.45, 7) is 2.39. The fourth-order valence-electron chi connectivity index (χ4n) is 1.91. The van der Waals surface area contributed by atoms with Gasteiger partial charge in [0.25, 0.3) is 0 Å². The molecule has 116 valence electrons. The summed E-state index contributed by atoms with van der Waals surface area (Å²) in [5.41, 5.74) is 2.92. The van der Waals surface area contributed by atoms with Gasteiger partial charge in [0.05, 0.1) is 18.4 Å². The zero-order valence-corrected chi connectivity index (χ0v) is 13.3. The van der Waals surface area contributed by atoms with Crippen molar-refractivity contribution in [3.63, 3.8) is 0 Å². The molecule has 0 aliphatic rings. The van der Waals surface area contributed by atoms with Crippen LogP contribution in [0.25, 0.3) is 11.4 Å². The van der Waals surface area contributed by atoms with E-state index in [0.717, 1.165) is 11.3 Å². The lowest BCUT2D eigenvalue weighted by Crippen LogP contribution is -2.28. The Morgan fingerprint density at radius 2 is 2.04 bits per heavy atom. The van der Waals surface area contributed by atoms with Gasteiger partial charge in [-0.3, -0.25) is 4.98 Å². The van der Waals surface area contributed by atoms with Gasteiger partial charge in [0, 0.05) is 11.8 Å². The molecule has 3 aromatic rings. The third-order valence-electron chi connectivity index (χ3n) is 3.10. The molecule has 1 aromatic carbocycles. The van der Waals surface area contributed by atoms with Crippen LogP contribution in [0.4, 0.5) is 5.69 Å². The molecule has 7 heteroatoms. The van der Waals surface area contributed by atoms with Gasteiger partial charge in [-0.25, -0.2) is 0 Å². The summed E-state index contributed by atoms with van der Waals surface area (Å²) in [6.07, 6.45) is 3.39. The Hall–Kier alpha value is -2.80. The average Bonchev–Trinajstić information content (AvgIpc) is 3.04. The minimum atomic E-state index is 0.352. The molecule has 0 saturated heterocycles. The van der Waals surface area contributed by atoms with Crippen molar-refractivity contribution in [1.82, 2.24) is 20.4 Å². The molecular weight excluding hydrogens is 310 g/mol. The molecule has 2 aromatic heterocycles. The van der Waals surface area contributed by atoms with Crippen molar-refractivity contribution in [2.75, 3.05) is 5.32 Å². The Balaban J connectivity index is 1.57. The van der Waals surface area contributed by atoms with E-state index in [0.29, 0.717) is 23.4 Å². The maximum absolute atomic E-state index is 5.23. The van der Waals surface area contributed by atoms with Gasteiger partial charge in [-0.1, -0.05) is 35.0 Å². The second-order valence-corrected chi connectivity index (χ2v) is 5.34. The number of hydrogen-bond donors (Lipinski definition) is 2. The molecule has 0 bridgehead atoms. The lowest BCUT2D eigenvalue weighted by Gasteiger charge is -2.07. The van der Waals surface area contributed by atoms with E-state index in [4.69, 9.17) is 16.7 Å². The Morgan fingerprint density at radius 3 is 2.78 bits per heavy atom. The van der Waals surface area contributed by atoms with Crippen molar-refractivity contribution >= 4 is 23.0 Å². The van der Waals surface area contributed by atoms with E-state index in [1.54, 1.807) is 12.4 Å². The lowest BCUT2D eigenvalue weighted by atomic mass is 10.1. The maximum atomic E-state index is 5.23. The molecule has 0 aliphatic heterocycles. The number of aromatic nitrogens is 3. The molecule has 2 heterocycles. The predicted molar refractivity (Wildman–Crippen MR) is 91.8 cm³/mol. The Kier molecular flexibility index (Phi) is 4.58. The molecular formula is C16H15N5OS. The van der Waals surface area contributed by atoms with Crippen LogP contribution in [-0.4, -0.2) is 20.2 Å². The molecule has 0 saturated carbocycles. The monoisotopic (exact) mass is 325 g/mol. The van der Waals surface area contributed by atoms with Crippen LogP contribution >= 0.6 is 12.2 Å². The first kappa shape index (κ1) is 15.1. The standard InChI is InChI=1S/C16H15N5OS/c1-11-4-6-12(7-5-11)15-20-14(22-21-15)10-18-16(23)19-13-3-2-8-17-9-13/h2-9H,10H2,1H3,(H2,18,19,23). The number of aryl methyl sites for hydroxylation is 1. The summed E-state index contributed by atoms with van der Waals surface area (Å²) in [5, 5.41) is 10.5. The minimum absolute atomic E-state index is 0.352. The Bertz CT molecular complexity index is 786. The van der Waals surface area contributed by atoms with Gasteiger partial charge in [-0.05, 0) is 31.3 Å². The molecule has 0 amide bonds. The van der Waals surface area contributed by atoms with Crippen molar-refractivity contribution in [1.29, 1.82) is 0 Å².